The molecule has 2 heterocycles. The molecule has 6 nitrogen and oxygen atoms in total. The molecule has 0 spiro atoms. The second kappa shape index (κ2) is 5.63. The van der Waals surface area contributed by atoms with Crippen molar-refractivity contribution in [3.8, 4) is 5.75 Å². The van der Waals surface area contributed by atoms with Crippen LogP contribution >= 0.6 is 0 Å². The number of furan rings is 1. The van der Waals surface area contributed by atoms with Gasteiger partial charge in [-0.3, -0.25) is 0 Å². The van der Waals surface area contributed by atoms with E-state index in [0.29, 0.717) is 24.5 Å². The van der Waals surface area contributed by atoms with Gasteiger partial charge in [-0.1, -0.05) is 6.07 Å². The zero-order valence-corrected chi connectivity index (χ0v) is 12.5. The number of hydrogen-bond donors (Lipinski definition) is 1. The normalized spacial score (nSPS) is 16.8. The molecule has 0 bridgehead atoms. The number of methoxy groups -OCH3 is 1. The first kappa shape index (κ1) is 14.3. The molecule has 1 atom stereocenters. The Labute approximate surface area is 128 Å². The van der Waals surface area contributed by atoms with E-state index in [-0.39, 0.29) is 11.9 Å². The molecule has 0 saturated carbocycles. The molecule has 0 amide bonds. The van der Waals surface area contributed by atoms with Gasteiger partial charge in [-0.15, -0.1) is 0 Å². The van der Waals surface area contributed by atoms with E-state index >= 15 is 0 Å². The second-order valence-electron chi connectivity index (χ2n) is 5.26. The second-order valence-corrected chi connectivity index (χ2v) is 5.26. The Hall–Kier alpha value is -2.63. The van der Waals surface area contributed by atoms with Gasteiger partial charge in [0.15, 0.2) is 0 Å². The molecule has 2 aromatic rings. The Morgan fingerprint density at radius 3 is 3.00 bits per heavy atom. The zero-order chi connectivity index (χ0) is 15.7. The number of benzene rings is 1. The van der Waals surface area contributed by atoms with Crippen molar-refractivity contribution in [2.75, 3.05) is 24.3 Å². The number of nitrogen functional groups attached to an aromatic ring is 1. The Kier molecular flexibility index (Phi) is 3.66. The van der Waals surface area contributed by atoms with Crippen molar-refractivity contribution >= 4 is 17.3 Å². The van der Waals surface area contributed by atoms with Crippen LogP contribution in [0.1, 0.15) is 23.2 Å². The maximum atomic E-state index is 11.5. The van der Waals surface area contributed by atoms with E-state index in [2.05, 4.69) is 9.64 Å². The first-order valence-electron chi connectivity index (χ1n) is 7.05. The first-order valence-corrected chi connectivity index (χ1v) is 7.05. The molecule has 0 radical (unpaired) electrons. The lowest BCUT2D eigenvalue weighted by atomic mass is 10.1. The Morgan fingerprint density at radius 1 is 1.41 bits per heavy atom. The van der Waals surface area contributed by atoms with E-state index in [9.17, 15) is 4.79 Å². The van der Waals surface area contributed by atoms with Crippen LogP contribution in [0.25, 0.3) is 0 Å². The Balaban J connectivity index is 1.87. The highest BCUT2D eigenvalue weighted by Gasteiger charge is 2.26. The fourth-order valence-electron chi connectivity index (χ4n) is 2.63. The number of carbonyl (C=O) groups excluding carboxylic acids is 1. The van der Waals surface area contributed by atoms with Crippen molar-refractivity contribution in [1.29, 1.82) is 0 Å². The molecule has 1 aromatic carbocycles. The Morgan fingerprint density at radius 2 is 2.23 bits per heavy atom. The first-order chi connectivity index (χ1) is 10.6. The maximum Gasteiger partial charge on any atom is 0.373 e. The number of ether oxygens (including phenoxy) is 2. The molecule has 0 aliphatic carbocycles. The van der Waals surface area contributed by atoms with E-state index in [4.69, 9.17) is 14.9 Å². The van der Waals surface area contributed by atoms with Gasteiger partial charge in [0.05, 0.1) is 25.9 Å². The molecular weight excluding hydrogens is 284 g/mol. The topological polar surface area (TPSA) is 77.9 Å². The van der Waals surface area contributed by atoms with Crippen LogP contribution in [0.2, 0.25) is 0 Å². The summed E-state index contributed by atoms with van der Waals surface area (Å²) < 4.78 is 16.0. The van der Waals surface area contributed by atoms with Crippen molar-refractivity contribution in [2.45, 2.75) is 19.6 Å². The quantitative estimate of drug-likeness (QED) is 0.693. The monoisotopic (exact) mass is 302 g/mol. The molecule has 1 aliphatic heterocycles. The molecule has 1 aliphatic rings. The van der Waals surface area contributed by atoms with Gasteiger partial charge in [0.2, 0.25) is 5.76 Å². The minimum Gasteiger partial charge on any atom is -0.487 e. The number of para-hydroxylation sites is 1. The SMILES string of the molecule is COC(=O)c1ccc(CN2CC(C)Oc3cccc(N)c32)o1. The molecule has 0 saturated heterocycles. The van der Waals surface area contributed by atoms with Gasteiger partial charge in [-0.25, -0.2) is 4.79 Å². The summed E-state index contributed by atoms with van der Waals surface area (Å²) >= 11 is 0. The molecule has 3 rings (SSSR count). The van der Waals surface area contributed by atoms with Crippen molar-refractivity contribution < 1.29 is 18.7 Å². The Bertz CT molecular complexity index is 695. The standard InChI is InChI=1S/C16H18N2O4/c1-10-8-18(15-12(17)4-3-5-13(15)21-10)9-11-6-7-14(22-11)16(19)20-2/h3-7,10H,8-9,17H2,1-2H3. The van der Waals surface area contributed by atoms with Crippen LogP contribution in [-0.2, 0) is 11.3 Å². The third-order valence-corrected chi connectivity index (χ3v) is 3.55. The third kappa shape index (κ3) is 2.59. The number of anilines is 2. The molecule has 6 heteroatoms. The summed E-state index contributed by atoms with van der Waals surface area (Å²) in [7, 11) is 1.32. The smallest absolute Gasteiger partial charge is 0.373 e. The van der Waals surface area contributed by atoms with E-state index in [0.717, 1.165) is 11.4 Å². The maximum absolute atomic E-state index is 11.5. The van der Waals surface area contributed by atoms with E-state index in [1.54, 1.807) is 12.1 Å². The predicted octanol–water partition coefficient (Wildman–Crippen LogP) is 2.44. The predicted molar refractivity (Wildman–Crippen MR) is 82.0 cm³/mol. The van der Waals surface area contributed by atoms with Gasteiger partial charge in [-0.05, 0) is 31.2 Å². The van der Waals surface area contributed by atoms with Crippen molar-refractivity contribution in [3.05, 3.63) is 41.9 Å². The number of fused-ring (bicyclic) bond motifs is 1. The summed E-state index contributed by atoms with van der Waals surface area (Å²) in [6.45, 7) is 3.20. The fourth-order valence-corrected chi connectivity index (χ4v) is 2.63. The molecule has 2 N–H and O–H groups in total. The van der Waals surface area contributed by atoms with Crippen LogP contribution in [0.4, 0.5) is 11.4 Å². The molecule has 0 fully saturated rings. The van der Waals surface area contributed by atoms with Gasteiger partial charge in [0.25, 0.3) is 0 Å². The summed E-state index contributed by atoms with van der Waals surface area (Å²) in [4.78, 5) is 13.5. The molecule has 1 aromatic heterocycles. The third-order valence-electron chi connectivity index (χ3n) is 3.55. The van der Waals surface area contributed by atoms with Crippen molar-refractivity contribution in [2.24, 2.45) is 0 Å². The number of hydrogen-bond acceptors (Lipinski definition) is 6. The van der Waals surface area contributed by atoms with E-state index in [1.165, 1.54) is 7.11 Å². The van der Waals surface area contributed by atoms with Gasteiger partial charge in [0.1, 0.15) is 23.3 Å². The molecular formula is C16H18N2O4. The lowest BCUT2D eigenvalue weighted by molar-refractivity contribution is 0.0563. The van der Waals surface area contributed by atoms with Crippen molar-refractivity contribution in [3.63, 3.8) is 0 Å². The van der Waals surface area contributed by atoms with Crippen LogP contribution in [0.15, 0.2) is 34.7 Å². The number of esters is 1. The highest BCUT2D eigenvalue weighted by atomic mass is 16.5. The van der Waals surface area contributed by atoms with Gasteiger partial charge < -0.3 is 24.5 Å². The van der Waals surface area contributed by atoms with Crippen LogP contribution in [0, 0.1) is 0 Å². The summed E-state index contributed by atoms with van der Waals surface area (Å²) in [5.41, 5.74) is 7.59. The highest BCUT2D eigenvalue weighted by Crippen LogP contribution is 2.39. The van der Waals surface area contributed by atoms with Gasteiger partial charge in [0, 0.05) is 0 Å². The molecule has 1 unspecified atom stereocenters. The summed E-state index contributed by atoms with van der Waals surface area (Å²) in [6, 6.07) is 8.99. The lowest BCUT2D eigenvalue weighted by Gasteiger charge is -2.35. The minimum absolute atomic E-state index is 0.0457. The molecule has 116 valence electrons. The number of nitrogens with zero attached hydrogens (tertiary/aromatic N) is 1. The highest BCUT2D eigenvalue weighted by molar-refractivity contribution is 5.86. The average molecular weight is 302 g/mol. The number of rotatable bonds is 3. The summed E-state index contributed by atoms with van der Waals surface area (Å²) in [5.74, 6) is 1.14. The van der Waals surface area contributed by atoms with Gasteiger partial charge in [-0.2, -0.15) is 0 Å². The van der Waals surface area contributed by atoms with E-state index < -0.39 is 5.97 Å². The summed E-state index contributed by atoms with van der Waals surface area (Å²) in [5, 5.41) is 0. The zero-order valence-electron chi connectivity index (χ0n) is 12.5. The lowest BCUT2D eigenvalue weighted by Crippen LogP contribution is -2.38. The van der Waals surface area contributed by atoms with Crippen LogP contribution < -0.4 is 15.4 Å². The number of nitrogens with two attached hydrogens (primary N) is 1. The number of carbonyl (C=O) groups is 1. The van der Waals surface area contributed by atoms with Gasteiger partial charge >= 0.3 is 5.97 Å². The fraction of sp³-hybridized carbons (Fsp3) is 0.312. The van der Waals surface area contributed by atoms with E-state index in [1.807, 2.05) is 25.1 Å². The van der Waals surface area contributed by atoms with Crippen molar-refractivity contribution in [1.82, 2.24) is 0 Å². The van der Waals surface area contributed by atoms with Crippen LogP contribution in [0.5, 0.6) is 5.75 Å². The largest absolute Gasteiger partial charge is 0.487 e. The average Bonchev–Trinajstić information content (AvgIpc) is 2.94. The van der Waals surface area contributed by atoms with Crippen LogP contribution in [-0.4, -0.2) is 25.7 Å². The minimum atomic E-state index is -0.485. The summed E-state index contributed by atoms with van der Waals surface area (Å²) in [6.07, 6.45) is 0.0457. The van der Waals surface area contributed by atoms with Crippen LogP contribution in [0.3, 0.4) is 0 Å². The molecule has 22 heavy (non-hydrogen) atoms.